The lowest BCUT2D eigenvalue weighted by molar-refractivity contribution is -0.149. The van der Waals surface area contributed by atoms with Gasteiger partial charge >= 0.3 is 13.7 Å². The molecule has 2 N–H and O–H groups in total. The number of aromatic nitrogens is 4. The Morgan fingerprint density at radius 3 is 2.70 bits per heavy atom. The Morgan fingerprint density at radius 2 is 2.00 bits per heavy atom. The highest BCUT2D eigenvalue weighted by molar-refractivity contribution is 7.52. The molecule has 4 rings (SSSR count). The molecule has 1 fully saturated rings. The van der Waals surface area contributed by atoms with E-state index < -0.39 is 31.8 Å². The third kappa shape index (κ3) is 6.07. The van der Waals surface area contributed by atoms with Crippen LogP contribution in [0, 0.1) is 12.8 Å². The van der Waals surface area contributed by atoms with Gasteiger partial charge in [-0.1, -0.05) is 30.4 Å². The first-order valence-corrected chi connectivity index (χ1v) is 13.6. The van der Waals surface area contributed by atoms with E-state index in [2.05, 4.69) is 26.7 Å². The first-order chi connectivity index (χ1) is 17.6. The minimum atomic E-state index is -4.07. The molecule has 3 aromatic rings. The molecule has 2 heterocycles. The standard InChI is InChI=1S/C25H32N5O6P/c1-15(2)35-25(32)18(5)29-37(33,36-19-9-7-6-8-10-19)34-13-21-16(3)20(11-23(21)31)22-12-26-24-17(4)27-14-28-30(22)24/h6-10,12,14-15,18,20-21,23,31H,3,11,13H2,1-2,4-5H3,(H,29,33)/t18?,20-,21-,23-,37?/m0/s1. The Balaban J connectivity index is 1.51. The van der Waals surface area contributed by atoms with Crippen LogP contribution in [0.5, 0.6) is 5.75 Å². The third-order valence-corrected chi connectivity index (χ3v) is 7.82. The largest absolute Gasteiger partial charge is 0.462 e. The second-order valence-electron chi connectivity index (χ2n) is 9.33. The molecule has 11 nitrogen and oxygen atoms in total. The van der Waals surface area contributed by atoms with Crippen molar-refractivity contribution in [2.24, 2.45) is 5.92 Å². The lowest BCUT2D eigenvalue weighted by Gasteiger charge is -2.25. The zero-order chi connectivity index (χ0) is 26.7. The fourth-order valence-electron chi connectivity index (χ4n) is 4.29. The number of aliphatic hydroxyl groups is 1. The number of esters is 1. The highest BCUT2D eigenvalue weighted by Crippen LogP contribution is 2.48. The second kappa shape index (κ2) is 11.1. The third-order valence-electron chi connectivity index (χ3n) is 6.18. The van der Waals surface area contributed by atoms with Crippen molar-refractivity contribution in [2.45, 2.75) is 58.3 Å². The summed E-state index contributed by atoms with van der Waals surface area (Å²) in [4.78, 5) is 20.9. The number of carbonyl (C=O) groups is 1. The Labute approximate surface area is 215 Å². The zero-order valence-electron chi connectivity index (χ0n) is 21.3. The van der Waals surface area contributed by atoms with Crippen LogP contribution in [0.25, 0.3) is 5.65 Å². The van der Waals surface area contributed by atoms with Gasteiger partial charge in [-0.25, -0.2) is 19.0 Å². The molecule has 0 spiro atoms. The van der Waals surface area contributed by atoms with E-state index in [0.717, 1.165) is 11.4 Å². The highest BCUT2D eigenvalue weighted by Gasteiger charge is 2.41. The van der Waals surface area contributed by atoms with Gasteiger partial charge in [-0.3, -0.25) is 9.32 Å². The lowest BCUT2D eigenvalue weighted by atomic mass is 9.96. The van der Waals surface area contributed by atoms with E-state index in [1.165, 1.54) is 13.3 Å². The number of benzene rings is 1. The fraction of sp³-hybridized carbons (Fsp3) is 0.440. The molecular formula is C25H32N5O6P. The van der Waals surface area contributed by atoms with Crippen LogP contribution in [0.4, 0.5) is 0 Å². The molecule has 0 aliphatic heterocycles. The Kier molecular flexibility index (Phi) is 8.08. The molecule has 1 aliphatic rings. The van der Waals surface area contributed by atoms with Crippen molar-refractivity contribution in [1.82, 2.24) is 24.7 Å². The quantitative estimate of drug-likeness (QED) is 0.228. The molecule has 1 saturated carbocycles. The number of para-hydroxylation sites is 1. The van der Waals surface area contributed by atoms with E-state index in [0.29, 0.717) is 23.4 Å². The Bertz CT molecular complexity index is 1310. The number of nitrogens with one attached hydrogen (secondary N) is 1. The van der Waals surface area contributed by atoms with Gasteiger partial charge < -0.3 is 14.4 Å². The number of imidazole rings is 1. The molecule has 0 amide bonds. The SMILES string of the molecule is C=C1[C@@H](c2cnc3c(C)ncnn23)C[C@H](O)[C@H]1COP(=O)(NC(C)C(=O)OC(C)C)Oc1ccccc1. The van der Waals surface area contributed by atoms with Gasteiger partial charge in [0.1, 0.15) is 18.1 Å². The molecule has 0 radical (unpaired) electrons. The number of fused-ring (bicyclic) bond motifs is 1. The fourth-order valence-corrected chi connectivity index (χ4v) is 5.81. The number of carbonyl (C=O) groups excluding carboxylic acids is 1. The van der Waals surface area contributed by atoms with E-state index in [4.69, 9.17) is 13.8 Å². The Hall–Kier alpha value is -3.11. The topological polar surface area (TPSA) is 137 Å². The first-order valence-electron chi connectivity index (χ1n) is 12.1. The maximum atomic E-state index is 13.8. The summed E-state index contributed by atoms with van der Waals surface area (Å²) >= 11 is 0. The Morgan fingerprint density at radius 1 is 1.27 bits per heavy atom. The first kappa shape index (κ1) is 26.9. The smallest absolute Gasteiger partial charge is 0.459 e. The van der Waals surface area contributed by atoms with E-state index in [9.17, 15) is 14.5 Å². The van der Waals surface area contributed by atoms with Crippen molar-refractivity contribution in [3.05, 3.63) is 66.4 Å². The lowest BCUT2D eigenvalue weighted by Crippen LogP contribution is -2.36. The van der Waals surface area contributed by atoms with Gasteiger partial charge in [0.15, 0.2) is 5.65 Å². The van der Waals surface area contributed by atoms with Gasteiger partial charge in [0.25, 0.3) is 0 Å². The normalized spacial score (nSPS) is 22.2. The molecular weight excluding hydrogens is 497 g/mol. The number of aliphatic hydroxyl groups excluding tert-OH is 1. The van der Waals surface area contributed by atoms with Gasteiger partial charge in [-0.05, 0) is 46.2 Å². The molecule has 0 saturated heterocycles. The second-order valence-corrected chi connectivity index (χ2v) is 11.0. The van der Waals surface area contributed by atoms with Crippen LogP contribution >= 0.6 is 7.75 Å². The maximum Gasteiger partial charge on any atom is 0.459 e. The minimum absolute atomic E-state index is 0.149. The van der Waals surface area contributed by atoms with Crippen molar-refractivity contribution in [3.63, 3.8) is 0 Å². The van der Waals surface area contributed by atoms with Crippen LogP contribution in [-0.2, 0) is 18.6 Å². The summed E-state index contributed by atoms with van der Waals surface area (Å²) in [6.07, 6.45) is 2.39. The monoisotopic (exact) mass is 529 g/mol. The van der Waals surface area contributed by atoms with Crippen LogP contribution in [-0.4, -0.2) is 55.5 Å². The summed E-state index contributed by atoms with van der Waals surface area (Å²) in [7, 11) is -4.07. The molecule has 5 atom stereocenters. The van der Waals surface area contributed by atoms with Crippen molar-refractivity contribution < 1.29 is 28.3 Å². The molecule has 2 aromatic heterocycles. The number of hydrogen-bond donors (Lipinski definition) is 2. The molecule has 0 bridgehead atoms. The molecule has 1 aliphatic carbocycles. The number of hydrogen-bond acceptors (Lipinski definition) is 9. The van der Waals surface area contributed by atoms with Crippen LogP contribution in [0.1, 0.15) is 44.5 Å². The number of nitrogens with zero attached hydrogens (tertiary/aromatic N) is 4. The van der Waals surface area contributed by atoms with Gasteiger partial charge in [0.2, 0.25) is 0 Å². The van der Waals surface area contributed by atoms with E-state index in [1.807, 2.05) is 6.92 Å². The van der Waals surface area contributed by atoms with E-state index in [-0.39, 0.29) is 18.6 Å². The van der Waals surface area contributed by atoms with Crippen LogP contribution < -0.4 is 9.61 Å². The molecule has 198 valence electrons. The molecule has 12 heteroatoms. The van der Waals surface area contributed by atoms with Crippen LogP contribution in [0.15, 0.2) is 55.0 Å². The summed E-state index contributed by atoms with van der Waals surface area (Å²) < 4.78 is 32.2. The maximum absolute atomic E-state index is 13.8. The van der Waals surface area contributed by atoms with E-state index >= 15 is 0 Å². The van der Waals surface area contributed by atoms with Crippen molar-refractivity contribution in [1.29, 1.82) is 0 Å². The van der Waals surface area contributed by atoms with Crippen molar-refractivity contribution >= 4 is 19.4 Å². The highest BCUT2D eigenvalue weighted by atomic mass is 31.2. The predicted octanol–water partition coefficient (Wildman–Crippen LogP) is 3.59. The summed E-state index contributed by atoms with van der Waals surface area (Å²) in [5.41, 5.74) is 2.84. The van der Waals surface area contributed by atoms with Gasteiger partial charge in [0, 0.05) is 11.8 Å². The van der Waals surface area contributed by atoms with Crippen molar-refractivity contribution in [3.8, 4) is 5.75 Å². The zero-order valence-corrected chi connectivity index (χ0v) is 22.2. The molecule has 2 unspecified atom stereocenters. The number of rotatable bonds is 10. The number of aryl methyl sites for hydroxylation is 1. The summed E-state index contributed by atoms with van der Waals surface area (Å²) in [5.74, 6) is -1.07. The van der Waals surface area contributed by atoms with Gasteiger partial charge in [-0.2, -0.15) is 10.2 Å². The molecule has 37 heavy (non-hydrogen) atoms. The van der Waals surface area contributed by atoms with Gasteiger partial charge in [-0.15, -0.1) is 0 Å². The summed E-state index contributed by atoms with van der Waals surface area (Å²) in [6, 6.07) is 7.53. The van der Waals surface area contributed by atoms with Crippen LogP contribution in [0.2, 0.25) is 0 Å². The summed E-state index contributed by atoms with van der Waals surface area (Å²) in [6.45, 7) is 10.9. The number of ether oxygens (including phenoxy) is 1. The average molecular weight is 530 g/mol. The molecule has 1 aromatic carbocycles. The van der Waals surface area contributed by atoms with E-state index in [1.54, 1.807) is 54.9 Å². The minimum Gasteiger partial charge on any atom is -0.462 e. The average Bonchev–Trinajstić information content (AvgIpc) is 3.39. The van der Waals surface area contributed by atoms with Gasteiger partial charge in [0.05, 0.1) is 36.4 Å². The predicted molar refractivity (Wildman–Crippen MR) is 136 cm³/mol. The summed E-state index contributed by atoms with van der Waals surface area (Å²) in [5, 5.41) is 17.9. The van der Waals surface area contributed by atoms with Crippen LogP contribution in [0.3, 0.4) is 0 Å². The van der Waals surface area contributed by atoms with Crippen molar-refractivity contribution in [2.75, 3.05) is 6.61 Å².